The van der Waals surface area contributed by atoms with Crippen LogP contribution in [0.5, 0.6) is 0 Å². The Balaban J connectivity index is 4.36. The molecule has 0 spiro atoms. The van der Waals surface area contributed by atoms with Gasteiger partial charge in [0.05, 0.1) is 6.61 Å². The summed E-state index contributed by atoms with van der Waals surface area (Å²) in [6.07, 6.45) is -6.63. The number of rotatable bonds is 7. The molecule has 0 heterocycles. The molecule has 0 radical (unpaired) electrons. The predicted octanol–water partition coefficient (Wildman–Crippen LogP) is -3.18. The van der Waals surface area contributed by atoms with Crippen molar-refractivity contribution in [3.05, 3.63) is 0 Å². The molecule has 0 fully saturated rings. The molecule has 0 aromatic heterocycles. The van der Waals surface area contributed by atoms with E-state index < -0.39 is 39.5 Å². The lowest BCUT2D eigenvalue weighted by molar-refractivity contribution is -0.132. The van der Waals surface area contributed by atoms with Gasteiger partial charge in [0.15, 0.2) is 6.29 Å². The molecule has 0 aliphatic carbocycles. The Labute approximate surface area is 86.9 Å². The largest absolute Gasteiger partial charge is 0.394 e. The van der Waals surface area contributed by atoms with Crippen LogP contribution in [0.2, 0.25) is 0 Å². The highest BCUT2D eigenvalue weighted by Gasteiger charge is 2.32. The number of carbonyl (C=O) groups is 1. The van der Waals surface area contributed by atoms with E-state index in [1.54, 1.807) is 0 Å². The molecule has 5 atom stereocenters. The fourth-order valence-corrected chi connectivity index (χ4v) is 1.25. The maximum atomic E-state index is 10.4. The summed E-state index contributed by atoms with van der Waals surface area (Å²) in [5, 5.41) is 35.9. The molecule has 0 aliphatic heterocycles. The van der Waals surface area contributed by atoms with E-state index in [4.69, 9.17) is 20.6 Å². The van der Waals surface area contributed by atoms with Gasteiger partial charge in [-0.2, -0.15) is 0 Å². The van der Waals surface area contributed by atoms with Gasteiger partial charge in [-0.05, 0) is 0 Å². The van der Waals surface area contributed by atoms with Crippen LogP contribution in [-0.2, 0) is 9.32 Å². The second-order valence-corrected chi connectivity index (χ2v) is 3.56. The molecule has 7 N–H and O–H groups in total. The third-order valence-corrected chi connectivity index (χ3v) is 2.09. The first kappa shape index (κ1) is 14.8. The van der Waals surface area contributed by atoms with E-state index in [-0.39, 0.29) is 6.29 Å². The van der Waals surface area contributed by atoms with Crippen molar-refractivity contribution in [2.24, 2.45) is 5.50 Å². The lowest BCUT2D eigenvalue weighted by Gasteiger charge is -2.25. The molecule has 0 rings (SSSR count). The molecular formula is C6H14NO7P. The third-order valence-electron chi connectivity index (χ3n) is 1.63. The Bertz CT molecular complexity index is 192. The molecule has 0 bridgehead atoms. The van der Waals surface area contributed by atoms with Crippen molar-refractivity contribution in [1.82, 2.24) is 0 Å². The van der Waals surface area contributed by atoms with Crippen LogP contribution in [0.1, 0.15) is 0 Å². The van der Waals surface area contributed by atoms with Crippen molar-refractivity contribution >= 4 is 14.8 Å². The number of hydrogen-bond acceptors (Lipinski definition) is 8. The van der Waals surface area contributed by atoms with Crippen LogP contribution in [0.25, 0.3) is 0 Å². The van der Waals surface area contributed by atoms with Crippen molar-refractivity contribution in [3.63, 3.8) is 0 Å². The zero-order chi connectivity index (χ0) is 12.0. The molecule has 0 aliphatic rings. The Morgan fingerprint density at radius 2 is 1.87 bits per heavy atom. The predicted molar refractivity (Wildman–Crippen MR) is 49.4 cm³/mol. The van der Waals surface area contributed by atoms with Crippen molar-refractivity contribution in [1.29, 1.82) is 0 Å². The van der Waals surface area contributed by atoms with Gasteiger partial charge in [0.1, 0.15) is 24.4 Å². The van der Waals surface area contributed by atoms with Crippen LogP contribution < -0.4 is 5.50 Å². The third kappa shape index (κ3) is 4.92. The molecule has 0 aromatic carbocycles. The fraction of sp³-hybridized carbons (Fsp3) is 0.833. The van der Waals surface area contributed by atoms with Crippen LogP contribution in [0.3, 0.4) is 0 Å². The minimum Gasteiger partial charge on any atom is -0.394 e. The highest BCUT2D eigenvalue weighted by molar-refractivity contribution is 7.43. The quantitative estimate of drug-likeness (QED) is 0.202. The summed E-state index contributed by atoms with van der Waals surface area (Å²) in [6.45, 7) is -0.791. The first-order chi connectivity index (χ1) is 6.93. The second-order valence-electron chi connectivity index (χ2n) is 2.74. The number of hydrogen-bond donors (Lipinski definition) is 6. The molecule has 1 unspecified atom stereocenters. The van der Waals surface area contributed by atoms with Crippen LogP contribution in [-0.4, -0.2) is 62.6 Å². The maximum absolute atomic E-state index is 10.4. The van der Waals surface area contributed by atoms with Crippen LogP contribution >= 0.6 is 8.53 Å². The minimum atomic E-state index is -2.37. The van der Waals surface area contributed by atoms with Crippen LogP contribution in [0.4, 0.5) is 0 Å². The topological polar surface area (TPSA) is 153 Å². The van der Waals surface area contributed by atoms with Gasteiger partial charge in [-0.1, -0.05) is 0 Å². The molecule has 15 heavy (non-hydrogen) atoms. The standard InChI is InChI=1S/C6H14NO7P/c7-15(13)14-4(2-9)6(12)5(11)3(10)1-8/h2-6,8,10-13H,1,7H2/t3-,4-,5-,6-,15?/m1/s1. The Morgan fingerprint density at radius 3 is 2.20 bits per heavy atom. The second kappa shape index (κ2) is 7.15. The van der Waals surface area contributed by atoms with Gasteiger partial charge in [-0.3, -0.25) is 5.50 Å². The summed E-state index contributed by atoms with van der Waals surface area (Å²) in [6, 6.07) is 0. The summed E-state index contributed by atoms with van der Waals surface area (Å²) in [5.41, 5.74) is 4.85. The van der Waals surface area contributed by atoms with Gasteiger partial charge < -0.3 is 34.6 Å². The van der Waals surface area contributed by atoms with E-state index in [2.05, 4.69) is 4.52 Å². The van der Waals surface area contributed by atoms with Crippen molar-refractivity contribution < 1.29 is 34.6 Å². The summed E-state index contributed by atoms with van der Waals surface area (Å²) in [4.78, 5) is 19.0. The van der Waals surface area contributed by atoms with Gasteiger partial charge in [-0.25, -0.2) is 0 Å². The minimum absolute atomic E-state index is 0.121. The molecule has 0 aromatic rings. The Hall–Kier alpha value is -0.180. The Kier molecular flexibility index (Phi) is 7.07. The van der Waals surface area contributed by atoms with E-state index >= 15 is 0 Å². The van der Waals surface area contributed by atoms with Gasteiger partial charge in [-0.15, -0.1) is 0 Å². The number of aliphatic hydroxyl groups is 4. The van der Waals surface area contributed by atoms with Crippen molar-refractivity contribution in [3.8, 4) is 0 Å². The lowest BCUT2D eigenvalue weighted by atomic mass is 10.0. The summed E-state index contributed by atoms with van der Waals surface area (Å²) >= 11 is 0. The molecule has 0 saturated carbocycles. The summed E-state index contributed by atoms with van der Waals surface area (Å²) in [5.74, 6) is 0. The monoisotopic (exact) mass is 243 g/mol. The highest BCUT2D eigenvalue weighted by Crippen LogP contribution is 2.24. The van der Waals surface area contributed by atoms with Gasteiger partial charge in [0, 0.05) is 0 Å². The first-order valence-electron chi connectivity index (χ1n) is 3.94. The van der Waals surface area contributed by atoms with Gasteiger partial charge in [0.2, 0.25) is 0 Å². The fourth-order valence-electron chi connectivity index (χ4n) is 0.822. The van der Waals surface area contributed by atoms with Gasteiger partial charge >= 0.3 is 0 Å². The van der Waals surface area contributed by atoms with E-state index in [0.29, 0.717) is 0 Å². The van der Waals surface area contributed by atoms with E-state index in [1.165, 1.54) is 0 Å². The average molecular weight is 243 g/mol. The molecule has 0 saturated heterocycles. The summed E-state index contributed by atoms with van der Waals surface area (Å²) in [7, 11) is -2.37. The van der Waals surface area contributed by atoms with Crippen molar-refractivity contribution in [2.75, 3.05) is 6.61 Å². The molecule has 8 nitrogen and oxygen atoms in total. The normalized spacial score (nSPS) is 21.5. The van der Waals surface area contributed by atoms with Crippen molar-refractivity contribution in [2.45, 2.75) is 24.4 Å². The van der Waals surface area contributed by atoms with Crippen LogP contribution in [0, 0.1) is 0 Å². The lowest BCUT2D eigenvalue weighted by Crippen LogP contribution is -2.47. The van der Waals surface area contributed by atoms with Crippen LogP contribution in [0.15, 0.2) is 0 Å². The summed E-state index contributed by atoms with van der Waals surface area (Å²) < 4.78 is 4.40. The highest BCUT2D eigenvalue weighted by atomic mass is 31.2. The van der Waals surface area contributed by atoms with E-state index in [1.807, 2.05) is 0 Å². The molecular weight excluding hydrogens is 229 g/mol. The zero-order valence-corrected chi connectivity index (χ0v) is 8.57. The molecule has 90 valence electrons. The Morgan fingerprint density at radius 1 is 1.33 bits per heavy atom. The number of aliphatic hydroxyl groups excluding tert-OH is 4. The average Bonchev–Trinajstić information content (AvgIpc) is 2.22. The SMILES string of the molecule is NP(O)O[C@H](C=O)[C@@H](O)[C@H](O)[C@H](O)CO. The molecule has 0 amide bonds. The number of carbonyl (C=O) groups excluding carboxylic acids is 1. The maximum Gasteiger partial charge on any atom is 0.250 e. The smallest absolute Gasteiger partial charge is 0.250 e. The zero-order valence-electron chi connectivity index (χ0n) is 7.67. The number of aldehydes is 1. The number of nitrogens with two attached hydrogens (primary N) is 1. The van der Waals surface area contributed by atoms with E-state index in [0.717, 1.165) is 0 Å². The first-order valence-corrected chi connectivity index (χ1v) is 5.23. The van der Waals surface area contributed by atoms with Gasteiger partial charge in [0.25, 0.3) is 8.53 Å². The van der Waals surface area contributed by atoms with E-state index in [9.17, 15) is 15.0 Å². The molecule has 9 heteroatoms.